The third-order valence-corrected chi connectivity index (χ3v) is 6.13. The van der Waals surface area contributed by atoms with Crippen LogP contribution in [0.1, 0.15) is 64.0 Å². The number of H-pyrrole nitrogens is 1. The van der Waals surface area contributed by atoms with Crippen LogP contribution >= 0.6 is 0 Å². The van der Waals surface area contributed by atoms with Crippen LogP contribution in [0.25, 0.3) is 10.9 Å². The molecule has 1 unspecified atom stereocenters. The minimum absolute atomic E-state index is 0.152. The molecule has 0 bridgehead atoms. The number of fused-ring (bicyclic) bond motifs is 1. The predicted molar refractivity (Wildman–Crippen MR) is 137 cm³/mol. The number of nitrogens with one attached hydrogen (secondary N) is 1. The van der Waals surface area contributed by atoms with Crippen LogP contribution < -0.4 is 10.3 Å². The van der Waals surface area contributed by atoms with Crippen molar-refractivity contribution in [3.05, 3.63) is 81.7 Å². The average Bonchev–Trinajstić information content (AvgIpc) is 3.32. The molecule has 2 aromatic heterocycles. The zero-order valence-electron chi connectivity index (χ0n) is 21.5. The molecule has 0 saturated carbocycles. The third-order valence-electron chi connectivity index (χ3n) is 6.13. The van der Waals surface area contributed by atoms with Gasteiger partial charge in [0.15, 0.2) is 5.82 Å². The second kappa shape index (κ2) is 10.6. The van der Waals surface area contributed by atoms with Crippen LogP contribution in [0.3, 0.4) is 0 Å². The number of benzene rings is 2. The second-order valence-electron chi connectivity index (χ2n) is 9.88. The van der Waals surface area contributed by atoms with Crippen molar-refractivity contribution in [2.45, 2.75) is 65.7 Å². The number of rotatable bonds is 9. The van der Waals surface area contributed by atoms with E-state index in [2.05, 4.69) is 32.3 Å². The summed E-state index contributed by atoms with van der Waals surface area (Å²) in [4.78, 5) is 18.3. The van der Waals surface area contributed by atoms with Crippen LogP contribution in [-0.4, -0.2) is 36.7 Å². The van der Waals surface area contributed by atoms with E-state index in [4.69, 9.17) is 4.74 Å². The van der Waals surface area contributed by atoms with Crippen molar-refractivity contribution in [3.8, 4) is 5.75 Å². The van der Waals surface area contributed by atoms with E-state index in [1.54, 1.807) is 12.1 Å². The monoisotopic (exact) mass is 492 g/mol. The minimum atomic E-state index is -0.316. The Morgan fingerprint density at radius 3 is 2.50 bits per heavy atom. The summed E-state index contributed by atoms with van der Waals surface area (Å²) in [6.45, 7) is 11.6. The van der Waals surface area contributed by atoms with Gasteiger partial charge in [-0.3, -0.25) is 9.69 Å². The van der Waals surface area contributed by atoms with Gasteiger partial charge >= 0.3 is 0 Å². The number of aromatic nitrogens is 5. The van der Waals surface area contributed by atoms with Crippen LogP contribution in [0.15, 0.2) is 53.3 Å². The lowest BCUT2D eigenvalue weighted by atomic mass is 10.0. The lowest BCUT2D eigenvalue weighted by Gasteiger charge is -2.32. The molecule has 0 saturated heterocycles. The topological polar surface area (TPSA) is 88.9 Å². The van der Waals surface area contributed by atoms with Gasteiger partial charge in [-0.05, 0) is 86.5 Å². The first-order valence-corrected chi connectivity index (χ1v) is 12.3. The minimum Gasteiger partial charge on any atom is -0.494 e. The van der Waals surface area contributed by atoms with Gasteiger partial charge in [0.1, 0.15) is 11.6 Å². The molecule has 0 aliphatic rings. The van der Waals surface area contributed by atoms with E-state index in [1.807, 2.05) is 56.6 Å². The van der Waals surface area contributed by atoms with Crippen LogP contribution in [0.5, 0.6) is 5.75 Å². The van der Waals surface area contributed by atoms with Crippen molar-refractivity contribution < 1.29 is 9.13 Å². The molecule has 4 aromatic rings. The SMILES string of the molecule is CCOc1ccc2[nH]c(=O)c(CN(Cc3ccc(F)cc3)C(CC)c3nnnn3C(C)(C)C)cc2c1. The Bertz CT molecular complexity index is 1370. The number of hydrogen-bond donors (Lipinski definition) is 1. The fraction of sp³-hybridized carbons (Fsp3) is 0.407. The van der Waals surface area contributed by atoms with E-state index in [9.17, 15) is 9.18 Å². The van der Waals surface area contributed by atoms with Crippen molar-refractivity contribution in [1.29, 1.82) is 0 Å². The summed E-state index contributed by atoms with van der Waals surface area (Å²) in [6.07, 6.45) is 0.720. The van der Waals surface area contributed by atoms with Crippen molar-refractivity contribution in [3.63, 3.8) is 0 Å². The highest BCUT2D eigenvalue weighted by Gasteiger charge is 2.29. The van der Waals surface area contributed by atoms with Crippen LogP contribution in [0, 0.1) is 5.82 Å². The van der Waals surface area contributed by atoms with E-state index < -0.39 is 0 Å². The highest BCUT2D eigenvalue weighted by atomic mass is 19.1. The van der Waals surface area contributed by atoms with E-state index in [-0.39, 0.29) is 23.0 Å². The summed E-state index contributed by atoms with van der Waals surface area (Å²) in [5, 5.41) is 13.5. The highest BCUT2D eigenvalue weighted by molar-refractivity contribution is 5.80. The maximum atomic E-state index is 13.6. The number of aromatic amines is 1. The number of nitrogens with zero attached hydrogens (tertiary/aromatic N) is 5. The molecular formula is C27H33FN6O2. The van der Waals surface area contributed by atoms with Crippen molar-refractivity contribution >= 4 is 10.9 Å². The molecule has 2 heterocycles. The summed E-state index contributed by atoms with van der Waals surface area (Å²) in [7, 11) is 0. The first-order chi connectivity index (χ1) is 17.2. The molecule has 0 fully saturated rings. The number of halogens is 1. The van der Waals surface area contributed by atoms with Gasteiger partial charge in [-0.25, -0.2) is 9.07 Å². The van der Waals surface area contributed by atoms with Crippen molar-refractivity contribution in [1.82, 2.24) is 30.1 Å². The Morgan fingerprint density at radius 1 is 1.08 bits per heavy atom. The molecule has 1 N–H and O–H groups in total. The number of ether oxygens (including phenoxy) is 1. The summed E-state index contributed by atoms with van der Waals surface area (Å²) < 4.78 is 21.1. The van der Waals surface area contributed by atoms with Crippen LogP contribution in [0.4, 0.5) is 4.39 Å². The van der Waals surface area contributed by atoms with E-state index in [0.717, 1.165) is 34.5 Å². The summed E-state index contributed by atoms with van der Waals surface area (Å²) >= 11 is 0. The molecule has 4 rings (SSSR count). The summed E-state index contributed by atoms with van der Waals surface area (Å²) in [5.41, 5.74) is 1.83. The molecule has 0 radical (unpaired) electrons. The molecule has 190 valence electrons. The number of hydrogen-bond acceptors (Lipinski definition) is 6. The maximum Gasteiger partial charge on any atom is 0.252 e. The second-order valence-corrected chi connectivity index (χ2v) is 9.88. The Morgan fingerprint density at radius 2 is 1.83 bits per heavy atom. The largest absolute Gasteiger partial charge is 0.494 e. The summed E-state index contributed by atoms with van der Waals surface area (Å²) in [6, 6.07) is 13.8. The smallest absolute Gasteiger partial charge is 0.252 e. The standard InChI is InChI=1S/C27H33FN6O2/c1-6-24(25-30-31-32-34(25)27(3,4)5)33(16-18-8-10-21(28)11-9-18)17-20-14-19-15-22(36-7-2)12-13-23(19)29-26(20)35/h8-15,24H,6-7,16-17H2,1-5H3,(H,29,35). The van der Waals surface area contributed by atoms with Gasteiger partial charge in [-0.2, -0.15) is 0 Å². The molecule has 0 amide bonds. The third kappa shape index (κ3) is 5.62. The molecule has 36 heavy (non-hydrogen) atoms. The molecular weight excluding hydrogens is 459 g/mol. The van der Waals surface area contributed by atoms with Gasteiger partial charge < -0.3 is 9.72 Å². The number of pyridine rings is 1. The van der Waals surface area contributed by atoms with Gasteiger partial charge in [0.05, 0.1) is 18.2 Å². The lowest BCUT2D eigenvalue weighted by molar-refractivity contribution is 0.153. The van der Waals surface area contributed by atoms with Gasteiger partial charge in [0.2, 0.25) is 0 Å². The molecule has 0 aliphatic heterocycles. The highest BCUT2D eigenvalue weighted by Crippen LogP contribution is 2.29. The van der Waals surface area contributed by atoms with E-state index in [1.165, 1.54) is 12.1 Å². The first kappa shape index (κ1) is 25.5. The molecule has 2 aromatic carbocycles. The fourth-order valence-corrected chi connectivity index (χ4v) is 4.41. The zero-order valence-corrected chi connectivity index (χ0v) is 21.5. The van der Waals surface area contributed by atoms with Gasteiger partial charge in [0.25, 0.3) is 5.56 Å². The Kier molecular flexibility index (Phi) is 7.49. The first-order valence-electron chi connectivity index (χ1n) is 12.3. The Balaban J connectivity index is 1.76. The normalized spacial score (nSPS) is 12.9. The quantitative estimate of drug-likeness (QED) is 0.355. The average molecular weight is 493 g/mol. The molecule has 0 aliphatic carbocycles. The Hall–Kier alpha value is -3.59. The lowest BCUT2D eigenvalue weighted by Crippen LogP contribution is -2.35. The Labute approximate surface area is 210 Å². The maximum absolute atomic E-state index is 13.6. The van der Waals surface area contributed by atoms with Gasteiger partial charge in [-0.15, -0.1) is 5.10 Å². The van der Waals surface area contributed by atoms with Crippen molar-refractivity contribution in [2.75, 3.05) is 6.61 Å². The fourth-order valence-electron chi connectivity index (χ4n) is 4.41. The van der Waals surface area contributed by atoms with E-state index >= 15 is 0 Å². The predicted octanol–water partition coefficient (Wildman–Crippen LogP) is 4.96. The molecule has 0 spiro atoms. The van der Waals surface area contributed by atoms with Crippen LogP contribution in [0.2, 0.25) is 0 Å². The van der Waals surface area contributed by atoms with Crippen molar-refractivity contribution in [2.24, 2.45) is 0 Å². The molecule has 9 heteroatoms. The van der Waals surface area contributed by atoms with Gasteiger partial charge in [0, 0.05) is 29.6 Å². The zero-order chi connectivity index (χ0) is 25.9. The number of tetrazole rings is 1. The van der Waals surface area contributed by atoms with Gasteiger partial charge in [-0.1, -0.05) is 19.1 Å². The van der Waals surface area contributed by atoms with Crippen LogP contribution in [-0.2, 0) is 18.6 Å². The summed E-state index contributed by atoms with van der Waals surface area (Å²) in [5.74, 6) is 1.19. The molecule has 8 nitrogen and oxygen atoms in total. The molecule has 1 atom stereocenters. The van der Waals surface area contributed by atoms with E-state index in [0.29, 0.717) is 25.3 Å².